The highest BCUT2D eigenvalue weighted by Gasteiger charge is 2.33. The van der Waals surface area contributed by atoms with Crippen molar-refractivity contribution in [2.45, 2.75) is 65.2 Å². The van der Waals surface area contributed by atoms with Gasteiger partial charge in [0.1, 0.15) is 5.82 Å². The van der Waals surface area contributed by atoms with Crippen LogP contribution < -0.4 is 0 Å². The Hall–Kier alpha value is -2.55. The number of hydrogen-bond acceptors (Lipinski definition) is 0. The van der Waals surface area contributed by atoms with Gasteiger partial charge in [0, 0.05) is 11.1 Å². The van der Waals surface area contributed by atoms with Gasteiger partial charge in [0.2, 0.25) is 0 Å². The summed E-state index contributed by atoms with van der Waals surface area (Å²) in [4.78, 5) is 0. The highest BCUT2D eigenvalue weighted by atomic mass is 19.2. The van der Waals surface area contributed by atoms with E-state index in [-0.39, 0.29) is 11.1 Å². The fourth-order valence-corrected chi connectivity index (χ4v) is 4.54. The quantitative estimate of drug-likeness (QED) is 0.238. The van der Waals surface area contributed by atoms with Crippen LogP contribution in [0.5, 0.6) is 0 Å². The molecular formula is C28H29F3. The Labute approximate surface area is 183 Å². The Balaban J connectivity index is 1.49. The number of benzene rings is 3. The predicted molar refractivity (Wildman–Crippen MR) is 122 cm³/mol. The first-order chi connectivity index (χ1) is 15.0. The number of hydrogen-bond donors (Lipinski definition) is 0. The zero-order valence-corrected chi connectivity index (χ0v) is 18.3. The lowest BCUT2D eigenvalue weighted by atomic mass is 9.77. The Morgan fingerprint density at radius 2 is 1.23 bits per heavy atom. The zero-order valence-electron chi connectivity index (χ0n) is 18.3. The summed E-state index contributed by atoms with van der Waals surface area (Å²) < 4.78 is 44.3. The number of fused-ring (bicyclic) bond motifs is 4. The summed E-state index contributed by atoms with van der Waals surface area (Å²) in [5, 5.41) is 0. The summed E-state index contributed by atoms with van der Waals surface area (Å²) in [6.45, 7) is 4.13. The fraction of sp³-hybridized carbons (Fsp3) is 0.357. The van der Waals surface area contributed by atoms with Gasteiger partial charge in [0.15, 0.2) is 11.6 Å². The molecule has 0 spiro atoms. The van der Waals surface area contributed by atoms with Gasteiger partial charge in [-0.3, -0.25) is 0 Å². The van der Waals surface area contributed by atoms with E-state index in [1.54, 1.807) is 12.1 Å². The monoisotopic (exact) mass is 422 g/mol. The maximum absolute atomic E-state index is 15.2. The van der Waals surface area contributed by atoms with Gasteiger partial charge in [-0.2, -0.15) is 0 Å². The third-order valence-electron chi connectivity index (χ3n) is 6.34. The predicted octanol–water partition coefficient (Wildman–Crippen LogP) is 8.22. The van der Waals surface area contributed by atoms with Crippen molar-refractivity contribution in [2.75, 3.05) is 0 Å². The normalized spacial score (nSPS) is 11.8. The van der Waals surface area contributed by atoms with Crippen molar-refractivity contribution in [3.63, 3.8) is 0 Å². The second kappa shape index (κ2) is 9.30. The van der Waals surface area contributed by atoms with E-state index in [1.165, 1.54) is 24.8 Å². The standard InChI is InChI=1S/C28H29F3/c1-3-5-6-8-18-9-11-19(12-10-18)13-14-20-15-16-22-23-17-21(7-4-2)27(30)28(31)25(23)24(22)26(20)29/h9-12,15-17H,3-8,13-14H2,1-2H3. The van der Waals surface area contributed by atoms with Crippen molar-refractivity contribution in [3.8, 4) is 22.3 Å². The maximum atomic E-state index is 15.2. The average molecular weight is 423 g/mol. The SMILES string of the molecule is CCCCCc1ccc(CCc2ccc3c(c2F)-c2c-3cc(CCC)c(F)c2F)cc1. The highest BCUT2D eigenvalue weighted by molar-refractivity contribution is 6.03. The number of halogens is 3. The summed E-state index contributed by atoms with van der Waals surface area (Å²) in [5.74, 6) is -2.17. The summed E-state index contributed by atoms with van der Waals surface area (Å²) in [6.07, 6.45) is 7.20. The van der Waals surface area contributed by atoms with Crippen LogP contribution in [0, 0.1) is 17.5 Å². The van der Waals surface area contributed by atoms with Gasteiger partial charge >= 0.3 is 0 Å². The topological polar surface area (TPSA) is 0 Å². The zero-order chi connectivity index (χ0) is 22.0. The molecule has 0 radical (unpaired) electrons. The van der Waals surface area contributed by atoms with E-state index in [0.29, 0.717) is 41.5 Å². The molecule has 3 aromatic rings. The largest absolute Gasteiger partial charge is 0.206 e. The van der Waals surface area contributed by atoms with Crippen molar-refractivity contribution >= 4 is 0 Å². The minimum Gasteiger partial charge on any atom is -0.206 e. The van der Waals surface area contributed by atoms with Crippen LogP contribution >= 0.6 is 0 Å². The Bertz CT molecular complexity index is 1080. The lowest BCUT2D eigenvalue weighted by Crippen LogP contribution is -2.11. The molecule has 4 rings (SSSR count). The van der Waals surface area contributed by atoms with E-state index in [4.69, 9.17) is 0 Å². The molecule has 0 aliphatic heterocycles. The first-order valence-corrected chi connectivity index (χ1v) is 11.5. The minimum absolute atomic E-state index is 0.100. The fourth-order valence-electron chi connectivity index (χ4n) is 4.54. The van der Waals surface area contributed by atoms with Gasteiger partial charge in [0.05, 0.1) is 0 Å². The molecule has 0 amide bonds. The lowest BCUT2D eigenvalue weighted by Gasteiger charge is -2.27. The van der Waals surface area contributed by atoms with Crippen LogP contribution in [0.3, 0.4) is 0 Å². The van der Waals surface area contributed by atoms with Crippen LogP contribution in [0.25, 0.3) is 22.3 Å². The molecule has 0 fully saturated rings. The molecule has 0 nitrogen and oxygen atoms in total. The molecule has 0 N–H and O–H groups in total. The van der Waals surface area contributed by atoms with E-state index in [0.717, 1.165) is 18.4 Å². The Morgan fingerprint density at radius 1 is 0.548 bits per heavy atom. The van der Waals surface area contributed by atoms with Gasteiger partial charge in [-0.15, -0.1) is 0 Å². The van der Waals surface area contributed by atoms with E-state index in [9.17, 15) is 8.78 Å². The van der Waals surface area contributed by atoms with Gasteiger partial charge in [0.25, 0.3) is 0 Å². The third-order valence-corrected chi connectivity index (χ3v) is 6.34. The first-order valence-electron chi connectivity index (χ1n) is 11.5. The van der Waals surface area contributed by atoms with Crippen molar-refractivity contribution in [1.82, 2.24) is 0 Å². The Kier molecular flexibility index (Phi) is 6.50. The molecule has 1 aliphatic carbocycles. The molecular weight excluding hydrogens is 393 g/mol. The van der Waals surface area contributed by atoms with Crippen molar-refractivity contribution in [3.05, 3.63) is 82.2 Å². The van der Waals surface area contributed by atoms with E-state index in [2.05, 4.69) is 31.2 Å². The van der Waals surface area contributed by atoms with Crippen molar-refractivity contribution in [1.29, 1.82) is 0 Å². The lowest BCUT2D eigenvalue weighted by molar-refractivity contribution is 0.499. The molecule has 0 atom stereocenters. The van der Waals surface area contributed by atoms with Crippen LogP contribution in [-0.2, 0) is 25.7 Å². The second-order valence-electron chi connectivity index (χ2n) is 8.57. The molecule has 162 valence electrons. The molecule has 3 aromatic carbocycles. The van der Waals surface area contributed by atoms with E-state index in [1.807, 2.05) is 13.0 Å². The number of aryl methyl sites for hydroxylation is 4. The molecule has 0 heterocycles. The summed E-state index contributed by atoms with van der Waals surface area (Å²) in [6, 6.07) is 13.8. The van der Waals surface area contributed by atoms with Crippen molar-refractivity contribution in [2.24, 2.45) is 0 Å². The Morgan fingerprint density at radius 3 is 1.90 bits per heavy atom. The molecule has 0 saturated heterocycles. The van der Waals surface area contributed by atoms with Gasteiger partial charge < -0.3 is 0 Å². The van der Waals surface area contributed by atoms with Gasteiger partial charge in [-0.1, -0.05) is 69.5 Å². The van der Waals surface area contributed by atoms with Gasteiger partial charge in [-0.25, -0.2) is 13.2 Å². The molecule has 0 saturated carbocycles. The molecule has 31 heavy (non-hydrogen) atoms. The third kappa shape index (κ3) is 4.15. The van der Waals surface area contributed by atoms with Crippen LogP contribution in [0.2, 0.25) is 0 Å². The molecule has 0 aromatic heterocycles. The van der Waals surface area contributed by atoms with Crippen LogP contribution in [-0.4, -0.2) is 0 Å². The van der Waals surface area contributed by atoms with E-state index < -0.39 is 17.5 Å². The molecule has 0 bridgehead atoms. The van der Waals surface area contributed by atoms with Crippen LogP contribution in [0.1, 0.15) is 61.8 Å². The summed E-state index contributed by atoms with van der Waals surface area (Å²) >= 11 is 0. The number of rotatable bonds is 9. The second-order valence-corrected chi connectivity index (χ2v) is 8.57. The first kappa shape index (κ1) is 21.7. The van der Waals surface area contributed by atoms with Crippen molar-refractivity contribution < 1.29 is 13.2 Å². The average Bonchev–Trinajstić information content (AvgIpc) is 2.76. The summed E-state index contributed by atoms with van der Waals surface area (Å²) in [5.41, 5.74) is 5.05. The van der Waals surface area contributed by atoms with Gasteiger partial charge in [-0.05, 0) is 71.6 Å². The van der Waals surface area contributed by atoms with Crippen LogP contribution in [0.4, 0.5) is 13.2 Å². The van der Waals surface area contributed by atoms with E-state index >= 15 is 4.39 Å². The molecule has 1 aliphatic rings. The highest BCUT2D eigenvalue weighted by Crippen LogP contribution is 2.51. The smallest absolute Gasteiger partial charge is 0.167 e. The maximum Gasteiger partial charge on any atom is 0.167 e. The number of unbranched alkanes of at least 4 members (excludes halogenated alkanes) is 2. The van der Waals surface area contributed by atoms with Crippen LogP contribution in [0.15, 0.2) is 42.5 Å². The minimum atomic E-state index is -0.914. The summed E-state index contributed by atoms with van der Waals surface area (Å²) in [7, 11) is 0. The molecule has 3 heteroatoms. The molecule has 0 unspecified atom stereocenters.